The molecule has 2 N–H and O–H groups in total. The van der Waals surface area contributed by atoms with Crippen molar-refractivity contribution in [1.82, 2.24) is 15.1 Å². The predicted octanol–water partition coefficient (Wildman–Crippen LogP) is 0.522. The molecule has 0 saturated heterocycles. The number of hydrogen-bond donors (Lipinski definition) is 2. The number of ether oxygens (including phenoxy) is 1. The number of aryl methyl sites for hydroxylation is 1. The highest BCUT2D eigenvalue weighted by Gasteiger charge is 2.23. The molecule has 1 heterocycles. The summed E-state index contributed by atoms with van der Waals surface area (Å²) in [5.41, 5.74) is 1.03. The molecule has 0 aromatic carbocycles. The standard InChI is InChI=1S/C12H19N3O4/c1-7-10(12(17)18)8(2)15(14-7)9(3)11(16)13-5-6-19-4/h9H,5-6H2,1-4H3,(H,13,16)(H,17,18). The summed E-state index contributed by atoms with van der Waals surface area (Å²) in [6.45, 7) is 5.76. The molecule has 0 saturated carbocycles. The first kappa shape index (κ1) is 15.2. The van der Waals surface area contributed by atoms with E-state index >= 15 is 0 Å². The molecule has 1 amide bonds. The zero-order chi connectivity index (χ0) is 14.6. The lowest BCUT2D eigenvalue weighted by Crippen LogP contribution is -2.34. The highest BCUT2D eigenvalue weighted by Crippen LogP contribution is 2.17. The summed E-state index contributed by atoms with van der Waals surface area (Å²) >= 11 is 0. The molecule has 1 aromatic heterocycles. The van der Waals surface area contributed by atoms with Gasteiger partial charge in [0.2, 0.25) is 5.91 Å². The van der Waals surface area contributed by atoms with Gasteiger partial charge in [-0.1, -0.05) is 0 Å². The number of nitrogens with one attached hydrogen (secondary N) is 1. The van der Waals surface area contributed by atoms with Crippen molar-refractivity contribution in [2.24, 2.45) is 0 Å². The van der Waals surface area contributed by atoms with E-state index in [4.69, 9.17) is 9.84 Å². The van der Waals surface area contributed by atoms with Crippen molar-refractivity contribution in [2.45, 2.75) is 26.8 Å². The van der Waals surface area contributed by atoms with Crippen LogP contribution in [-0.4, -0.2) is 47.0 Å². The first-order valence-electron chi connectivity index (χ1n) is 5.95. The van der Waals surface area contributed by atoms with Crippen LogP contribution in [0.5, 0.6) is 0 Å². The number of carbonyl (C=O) groups excluding carboxylic acids is 1. The van der Waals surface area contributed by atoms with E-state index < -0.39 is 12.0 Å². The normalized spacial score (nSPS) is 12.2. The molecule has 1 rings (SSSR count). The molecule has 19 heavy (non-hydrogen) atoms. The number of carboxylic acid groups (broad SMARTS) is 1. The van der Waals surface area contributed by atoms with Crippen LogP contribution in [0.1, 0.15) is 34.7 Å². The Hall–Kier alpha value is -1.89. The molecule has 0 aliphatic carbocycles. The summed E-state index contributed by atoms with van der Waals surface area (Å²) in [4.78, 5) is 23.0. The van der Waals surface area contributed by atoms with Gasteiger partial charge in [-0.2, -0.15) is 5.10 Å². The fraction of sp³-hybridized carbons (Fsp3) is 0.583. The van der Waals surface area contributed by atoms with E-state index in [0.717, 1.165) is 0 Å². The molecule has 0 spiro atoms. The van der Waals surface area contributed by atoms with Crippen LogP contribution in [0.2, 0.25) is 0 Å². The average molecular weight is 269 g/mol. The van der Waals surface area contributed by atoms with Crippen molar-refractivity contribution in [3.8, 4) is 0 Å². The topological polar surface area (TPSA) is 93.5 Å². The smallest absolute Gasteiger partial charge is 0.339 e. The van der Waals surface area contributed by atoms with Gasteiger partial charge in [0.05, 0.1) is 18.0 Å². The molecule has 0 aliphatic rings. The Kier molecular flexibility index (Phi) is 5.05. The van der Waals surface area contributed by atoms with Gasteiger partial charge in [0.25, 0.3) is 0 Å². The SMILES string of the molecule is COCCNC(=O)C(C)n1nc(C)c(C(=O)O)c1C. The minimum Gasteiger partial charge on any atom is -0.478 e. The van der Waals surface area contributed by atoms with Crippen molar-refractivity contribution in [3.05, 3.63) is 17.0 Å². The Morgan fingerprint density at radius 2 is 2.11 bits per heavy atom. The fourth-order valence-corrected chi connectivity index (χ4v) is 1.88. The zero-order valence-electron chi connectivity index (χ0n) is 11.6. The van der Waals surface area contributed by atoms with Crippen molar-refractivity contribution < 1.29 is 19.4 Å². The van der Waals surface area contributed by atoms with Gasteiger partial charge in [-0.25, -0.2) is 4.79 Å². The molecule has 1 unspecified atom stereocenters. The maximum atomic E-state index is 11.9. The number of methoxy groups -OCH3 is 1. The highest BCUT2D eigenvalue weighted by molar-refractivity contribution is 5.90. The van der Waals surface area contributed by atoms with Gasteiger partial charge in [-0.15, -0.1) is 0 Å². The maximum absolute atomic E-state index is 11.9. The van der Waals surface area contributed by atoms with Gasteiger partial charge < -0.3 is 15.2 Å². The number of amides is 1. The maximum Gasteiger partial charge on any atom is 0.339 e. The molecule has 1 atom stereocenters. The second kappa shape index (κ2) is 6.33. The van der Waals surface area contributed by atoms with E-state index in [1.165, 1.54) is 4.68 Å². The summed E-state index contributed by atoms with van der Waals surface area (Å²) in [7, 11) is 1.55. The van der Waals surface area contributed by atoms with Crippen LogP contribution in [0.4, 0.5) is 0 Å². The number of carbonyl (C=O) groups is 2. The molecular weight excluding hydrogens is 250 g/mol. The quantitative estimate of drug-likeness (QED) is 0.734. The average Bonchev–Trinajstić information content (AvgIpc) is 2.63. The molecular formula is C12H19N3O4. The lowest BCUT2D eigenvalue weighted by Gasteiger charge is -2.14. The molecule has 0 fully saturated rings. The van der Waals surface area contributed by atoms with E-state index in [2.05, 4.69) is 10.4 Å². The molecule has 7 nitrogen and oxygen atoms in total. The number of hydrogen-bond acceptors (Lipinski definition) is 4. The minimum absolute atomic E-state index is 0.150. The Labute approximate surface area is 111 Å². The monoisotopic (exact) mass is 269 g/mol. The van der Waals surface area contributed by atoms with E-state index in [9.17, 15) is 9.59 Å². The van der Waals surface area contributed by atoms with Gasteiger partial charge in [0.15, 0.2) is 0 Å². The zero-order valence-corrected chi connectivity index (χ0v) is 11.6. The van der Waals surface area contributed by atoms with Gasteiger partial charge in [-0.05, 0) is 20.8 Å². The van der Waals surface area contributed by atoms with E-state index in [-0.39, 0.29) is 11.5 Å². The molecule has 1 aromatic rings. The van der Waals surface area contributed by atoms with Crippen molar-refractivity contribution in [1.29, 1.82) is 0 Å². The third kappa shape index (κ3) is 3.31. The lowest BCUT2D eigenvalue weighted by atomic mass is 10.2. The summed E-state index contributed by atoms with van der Waals surface area (Å²) < 4.78 is 6.27. The van der Waals surface area contributed by atoms with Crippen LogP contribution < -0.4 is 5.32 Å². The predicted molar refractivity (Wildman–Crippen MR) is 68.3 cm³/mol. The van der Waals surface area contributed by atoms with Gasteiger partial charge in [0, 0.05) is 13.7 Å². The number of carboxylic acids is 1. The summed E-state index contributed by atoms with van der Waals surface area (Å²) in [5.74, 6) is -1.26. The number of nitrogens with zero attached hydrogens (tertiary/aromatic N) is 2. The largest absolute Gasteiger partial charge is 0.478 e. The second-order valence-electron chi connectivity index (χ2n) is 4.26. The molecule has 106 valence electrons. The summed E-state index contributed by atoms with van der Waals surface area (Å²) in [6, 6.07) is -0.566. The van der Waals surface area contributed by atoms with Crippen LogP contribution in [0, 0.1) is 13.8 Å². The van der Waals surface area contributed by atoms with Crippen molar-refractivity contribution >= 4 is 11.9 Å². The van der Waals surface area contributed by atoms with Gasteiger partial charge in [-0.3, -0.25) is 9.48 Å². The van der Waals surface area contributed by atoms with E-state index in [1.54, 1.807) is 27.9 Å². The van der Waals surface area contributed by atoms with Crippen LogP contribution in [0.25, 0.3) is 0 Å². The van der Waals surface area contributed by atoms with Gasteiger partial charge >= 0.3 is 5.97 Å². The molecule has 7 heteroatoms. The number of aromatic nitrogens is 2. The first-order valence-corrected chi connectivity index (χ1v) is 5.95. The number of rotatable bonds is 6. The Bertz CT molecular complexity index is 482. The highest BCUT2D eigenvalue weighted by atomic mass is 16.5. The Balaban J connectivity index is 2.88. The minimum atomic E-state index is -1.03. The summed E-state index contributed by atoms with van der Waals surface area (Å²) in [5, 5.41) is 15.9. The van der Waals surface area contributed by atoms with E-state index in [1.807, 2.05) is 0 Å². The second-order valence-corrected chi connectivity index (χ2v) is 4.26. The Morgan fingerprint density at radius 3 is 2.58 bits per heavy atom. The fourth-order valence-electron chi connectivity index (χ4n) is 1.88. The van der Waals surface area contributed by atoms with Gasteiger partial charge in [0.1, 0.15) is 11.6 Å². The van der Waals surface area contributed by atoms with E-state index in [0.29, 0.717) is 24.5 Å². The first-order chi connectivity index (χ1) is 8.90. The molecule has 0 bridgehead atoms. The number of aromatic carboxylic acids is 1. The van der Waals surface area contributed by atoms with Crippen LogP contribution in [0.3, 0.4) is 0 Å². The van der Waals surface area contributed by atoms with Crippen molar-refractivity contribution in [2.75, 3.05) is 20.3 Å². The Morgan fingerprint density at radius 1 is 1.47 bits per heavy atom. The van der Waals surface area contributed by atoms with Crippen LogP contribution >= 0.6 is 0 Å². The summed E-state index contributed by atoms with van der Waals surface area (Å²) in [6.07, 6.45) is 0. The van der Waals surface area contributed by atoms with Crippen LogP contribution in [-0.2, 0) is 9.53 Å². The third-order valence-electron chi connectivity index (χ3n) is 2.89. The molecule has 0 radical (unpaired) electrons. The molecule has 0 aliphatic heterocycles. The third-order valence-corrected chi connectivity index (χ3v) is 2.89. The lowest BCUT2D eigenvalue weighted by molar-refractivity contribution is -0.124. The van der Waals surface area contributed by atoms with Crippen molar-refractivity contribution in [3.63, 3.8) is 0 Å². The van der Waals surface area contributed by atoms with Crippen LogP contribution in [0.15, 0.2) is 0 Å².